The Morgan fingerprint density at radius 1 is 1.20 bits per heavy atom. The molecule has 4 aliphatic rings. The third kappa shape index (κ3) is 3.08. The Morgan fingerprint density at radius 2 is 2.00 bits per heavy atom. The van der Waals surface area contributed by atoms with Gasteiger partial charge in [0, 0.05) is 49.1 Å². The van der Waals surface area contributed by atoms with Crippen molar-refractivity contribution < 1.29 is 9.68 Å². The summed E-state index contributed by atoms with van der Waals surface area (Å²) >= 11 is 0. The number of hydrogen-bond acceptors (Lipinski definition) is 4. The van der Waals surface area contributed by atoms with Crippen LogP contribution in [0.5, 0.6) is 5.75 Å². The highest BCUT2D eigenvalue weighted by Gasteiger charge is 2.33. The molecule has 0 saturated carbocycles. The molecule has 0 bridgehead atoms. The van der Waals surface area contributed by atoms with Crippen LogP contribution in [-0.2, 0) is 12.8 Å². The van der Waals surface area contributed by atoms with E-state index in [0.717, 1.165) is 49.3 Å². The normalized spacial score (nSPS) is 24.8. The van der Waals surface area contributed by atoms with E-state index in [4.69, 9.17) is 5.10 Å². The quantitative estimate of drug-likeness (QED) is 0.473. The molecule has 0 fully saturated rings. The van der Waals surface area contributed by atoms with Crippen molar-refractivity contribution in [3.63, 3.8) is 0 Å². The third-order valence-corrected chi connectivity index (χ3v) is 6.96. The molecular formula is C25H31N4O+. The fraction of sp³-hybridized carbons (Fsp3) is 0.440. The van der Waals surface area contributed by atoms with E-state index in [9.17, 15) is 5.11 Å². The van der Waals surface area contributed by atoms with E-state index in [0.29, 0.717) is 11.7 Å². The number of fused-ring (bicyclic) bond motifs is 1. The number of phenolic OH excluding ortho intramolecular Hbond substituents is 1. The predicted octanol–water partition coefficient (Wildman–Crippen LogP) is 3.87. The van der Waals surface area contributed by atoms with Crippen molar-refractivity contribution >= 4 is 22.8 Å². The smallest absolute Gasteiger partial charge is 0.188 e. The number of phenols is 1. The topological polar surface area (TPSA) is 42.1 Å². The van der Waals surface area contributed by atoms with Gasteiger partial charge in [0.1, 0.15) is 18.5 Å². The molecule has 0 saturated heterocycles. The average molecular weight is 404 g/mol. The molecule has 2 atom stereocenters. The van der Waals surface area contributed by atoms with Crippen LogP contribution < -0.4 is 9.91 Å². The minimum absolute atomic E-state index is 0.216. The number of nitrogens with zero attached hydrogens (tertiary/aromatic N) is 4. The highest BCUT2D eigenvalue weighted by atomic mass is 16.3. The van der Waals surface area contributed by atoms with Gasteiger partial charge in [0.05, 0.1) is 5.92 Å². The van der Waals surface area contributed by atoms with Gasteiger partial charge in [-0.2, -0.15) is 5.10 Å². The lowest BCUT2D eigenvalue weighted by atomic mass is 9.81. The molecule has 5 heteroatoms. The molecule has 30 heavy (non-hydrogen) atoms. The monoisotopic (exact) mass is 403 g/mol. The van der Waals surface area contributed by atoms with Crippen LogP contribution in [0.15, 0.2) is 47.7 Å². The molecular weight excluding hydrogens is 372 g/mol. The average Bonchev–Trinajstić information content (AvgIpc) is 2.76. The van der Waals surface area contributed by atoms with Gasteiger partial charge in [-0.1, -0.05) is 18.2 Å². The van der Waals surface area contributed by atoms with Crippen molar-refractivity contribution in [2.75, 3.05) is 37.1 Å². The van der Waals surface area contributed by atoms with Gasteiger partial charge in [-0.3, -0.25) is 5.01 Å². The fourth-order valence-electron chi connectivity index (χ4n) is 5.46. The van der Waals surface area contributed by atoms with Gasteiger partial charge in [0.15, 0.2) is 11.9 Å². The van der Waals surface area contributed by atoms with E-state index in [1.807, 2.05) is 12.1 Å². The maximum absolute atomic E-state index is 11.1. The summed E-state index contributed by atoms with van der Waals surface area (Å²) in [5, 5.41) is 18.0. The second-order valence-electron chi connectivity index (χ2n) is 8.86. The minimum atomic E-state index is 0.216. The van der Waals surface area contributed by atoms with E-state index in [1.165, 1.54) is 23.4 Å². The first-order valence-corrected chi connectivity index (χ1v) is 11.1. The first kappa shape index (κ1) is 19.2. The number of aromatic hydroxyl groups is 1. The summed E-state index contributed by atoms with van der Waals surface area (Å²) in [7, 11) is 4.05. The lowest BCUT2D eigenvalue weighted by Crippen LogP contribution is -2.35. The molecule has 1 N–H and O–H groups in total. The van der Waals surface area contributed by atoms with Crippen molar-refractivity contribution in [3.05, 3.63) is 53.8 Å². The van der Waals surface area contributed by atoms with E-state index >= 15 is 0 Å². The number of hydrazone groups is 1. The first-order valence-electron chi connectivity index (χ1n) is 11.1. The van der Waals surface area contributed by atoms with Crippen LogP contribution in [0.2, 0.25) is 0 Å². The SMILES string of the molecule is C/C(=N\N(C)c1cc2c3c(c1O)CCCN3CCC2)C1C=C[N+](C)=C2C=CC=CC21. The standard InChI is InChI=1S/C25H30N4O/c1-17(19-12-15-27(2)22-11-5-4-9-20(19)22)26-28(3)23-16-18-8-6-13-29-14-7-10-21(24(18)29)25(23)30/h4-5,9,11-12,15-16,19-20H,6-8,10,13-14H2,1-3H3/p+1/b26-17+. The van der Waals surface area contributed by atoms with Gasteiger partial charge in [-0.25, -0.2) is 4.58 Å². The molecule has 2 unspecified atom stereocenters. The highest BCUT2D eigenvalue weighted by molar-refractivity contribution is 6.01. The summed E-state index contributed by atoms with van der Waals surface area (Å²) in [5.41, 5.74) is 6.94. The Labute approximate surface area is 179 Å². The maximum atomic E-state index is 11.1. The van der Waals surface area contributed by atoms with Gasteiger partial charge >= 0.3 is 0 Å². The highest BCUT2D eigenvalue weighted by Crippen LogP contribution is 2.45. The van der Waals surface area contributed by atoms with Crippen LogP contribution in [0, 0.1) is 11.8 Å². The molecule has 5 nitrogen and oxygen atoms in total. The summed E-state index contributed by atoms with van der Waals surface area (Å²) in [6.45, 7) is 4.31. The van der Waals surface area contributed by atoms with E-state index in [2.05, 4.69) is 66.1 Å². The van der Waals surface area contributed by atoms with E-state index < -0.39 is 0 Å². The van der Waals surface area contributed by atoms with E-state index in [1.54, 1.807) is 0 Å². The van der Waals surface area contributed by atoms with Crippen molar-refractivity contribution in [1.82, 2.24) is 0 Å². The molecule has 156 valence electrons. The third-order valence-electron chi connectivity index (χ3n) is 6.96. The lowest BCUT2D eigenvalue weighted by molar-refractivity contribution is -0.426. The summed E-state index contributed by atoms with van der Waals surface area (Å²) in [4.78, 5) is 2.46. The van der Waals surface area contributed by atoms with Gasteiger partial charge in [0.25, 0.3) is 0 Å². The van der Waals surface area contributed by atoms with Crippen LogP contribution in [-0.4, -0.2) is 48.3 Å². The summed E-state index contributed by atoms with van der Waals surface area (Å²) in [5.74, 6) is 0.925. The van der Waals surface area contributed by atoms with Crippen molar-refractivity contribution in [1.29, 1.82) is 0 Å². The lowest BCUT2D eigenvalue weighted by Gasteiger charge is -2.38. The molecule has 3 aliphatic heterocycles. The van der Waals surface area contributed by atoms with Crippen LogP contribution in [0.25, 0.3) is 0 Å². The number of benzene rings is 1. The first-order chi connectivity index (χ1) is 14.5. The zero-order valence-corrected chi connectivity index (χ0v) is 18.2. The van der Waals surface area contributed by atoms with Crippen LogP contribution in [0.3, 0.4) is 0 Å². The Morgan fingerprint density at radius 3 is 2.83 bits per heavy atom. The molecule has 1 aromatic rings. The van der Waals surface area contributed by atoms with Gasteiger partial charge in [-0.05, 0) is 50.3 Å². The Bertz CT molecular complexity index is 1030. The summed E-state index contributed by atoms with van der Waals surface area (Å²) in [6.07, 6.45) is 17.3. The number of allylic oxidation sites excluding steroid dienone is 5. The Kier molecular flexibility index (Phi) is 4.76. The molecule has 5 rings (SSSR count). The predicted molar refractivity (Wildman–Crippen MR) is 124 cm³/mol. The van der Waals surface area contributed by atoms with Crippen LogP contribution >= 0.6 is 0 Å². The zero-order valence-electron chi connectivity index (χ0n) is 18.2. The molecule has 1 aromatic carbocycles. The molecule has 3 heterocycles. The van der Waals surface area contributed by atoms with Crippen LogP contribution in [0.4, 0.5) is 11.4 Å². The van der Waals surface area contributed by atoms with Gasteiger partial charge in [-0.15, -0.1) is 0 Å². The fourth-order valence-corrected chi connectivity index (χ4v) is 5.46. The molecule has 0 aromatic heterocycles. The zero-order chi connectivity index (χ0) is 20.8. The second kappa shape index (κ2) is 7.46. The number of aryl methyl sites for hydroxylation is 1. The van der Waals surface area contributed by atoms with Crippen molar-refractivity contribution in [2.45, 2.75) is 32.6 Å². The Hall–Kier alpha value is -2.82. The maximum Gasteiger partial charge on any atom is 0.188 e. The summed E-state index contributed by atoms with van der Waals surface area (Å²) < 4.78 is 2.18. The molecule has 0 amide bonds. The Balaban J connectivity index is 1.48. The molecule has 1 aliphatic carbocycles. The van der Waals surface area contributed by atoms with E-state index in [-0.39, 0.29) is 5.92 Å². The second-order valence-corrected chi connectivity index (χ2v) is 8.86. The summed E-state index contributed by atoms with van der Waals surface area (Å²) in [6, 6.07) is 2.16. The molecule has 0 spiro atoms. The number of rotatable bonds is 3. The van der Waals surface area contributed by atoms with Crippen molar-refractivity contribution in [2.24, 2.45) is 16.9 Å². The van der Waals surface area contributed by atoms with Gasteiger partial charge < -0.3 is 10.0 Å². The van der Waals surface area contributed by atoms with Gasteiger partial charge in [0.2, 0.25) is 0 Å². The molecule has 0 radical (unpaired) electrons. The number of anilines is 2. The number of hydrogen-bond donors (Lipinski definition) is 1. The largest absolute Gasteiger partial charge is 0.505 e. The van der Waals surface area contributed by atoms with Crippen molar-refractivity contribution in [3.8, 4) is 5.75 Å². The van der Waals surface area contributed by atoms with Crippen LogP contribution in [0.1, 0.15) is 30.9 Å². The minimum Gasteiger partial charge on any atom is -0.505 e.